The fraction of sp³-hybridized carbons (Fsp3) is 0.130. The first-order chi connectivity index (χ1) is 14.0. The molecule has 0 unspecified atom stereocenters. The van der Waals surface area contributed by atoms with Crippen LogP contribution in [0.3, 0.4) is 0 Å². The number of Topliss-reactive ketones (excluding diaryl/α,β-unsaturated/α-hetero) is 1. The Morgan fingerprint density at radius 2 is 1.76 bits per heavy atom. The maximum Gasteiger partial charge on any atom is 0.296 e. The predicted octanol–water partition coefficient (Wildman–Crippen LogP) is 4.35. The summed E-state index contributed by atoms with van der Waals surface area (Å²) in [5.74, 6) is -1.74. The topological polar surface area (TPSA) is 70.8 Å². The van der Waals surface area contributed by atoms with Crippen LogP contribution in [0.1, 0.15) is 28.5 Å². The van der Waals surface area contributed by atoms with Gasteiger partial charge in [0.05, 0.1) is 24.4 Å². The zero-order valence-corrected chi connectivity index (χ0v) is 15.6. The summed E-state index contributed by atoms with van der Waals surface area (Å²) in [5.41, 5.74) is 1.91. The Balaban J connectivity index is 1.86. The molecule has 146 valence electrons. The number of aliphatic hydroxyl groups excluding tert-OH is 1. The van der Waals surface area contributed by atoms with Crippen molar-refractivity contribution < 1.29 is 23.5 Å². The number of hydrogen-bond acceptors (Lipinski definition) is 4. The third kappa shape index (κ3) is 3.45. The minimum Gasteiger partial charge on any atom is -0.507 e. The molecule has 3 aromatic rings. The highest BCUT2D eigenvalue weighted by atomic mass is 19.1. The van der Waals surface area contributed by atoms with Crippen molar-refractivity contribution in [2.24, 2.45) is 0 Å². The number of carbonyl (C=O) groups is 2. The van der Waals surface area contributed by atoms with Gasteiger partial charge in [-0.2, -0.15) is 0 Å². The van der Waals surface area contributed by atoms with Gasteiger partial charge in [-0.15, -0.1) is 0 Å². The third-order valence-corrected chi connectivity index (χ3v) is 4.96. The summed E-state index contributed by atoms with van der Waals surface area (Å²) >= 11 is 0. The quantitative estimate of drug-likeness (QED) is 0.408. The van der Waals surface area contributed by atoms with Crippen LogP contribution < -0.4 is 0 Å². The SMILES string of the molecule is Cc1ccc(/C(O)=C2\C(=O)C(=O)N(Cc3ccco3)[C@@H]2c2ccc(F)cc2)cc1. The highest BCUT2D eigenvalue weighted by molar-refractivity contribution is 6.46. The van der Waals surface area contributed by atoms with Crippen molar-refractivity contribution in [1.29, 1.82) is 0 Å². The van der Waals surface area contributed by atoms with E-state index in [4.69, 9.17) is 4.42 Å². The molecule has 0 bridgehead atoms. The second-order valence-electron chi connectivity index (χ2n) is 6.92. The standard InChI is InChI=1S/C23H18FNO4/c1-14-4-6-16(7-5-14)21(26)19-20(15-8-10-17(24)11-9-15)25(23(28)22(19)27)13-18-3-2-12-29-18/h2-12,20,26H,13H2,1H3/b21-19+/t20-/m1/s1. The van der Waals surface area contributed by atoms with E-state index in [0.717, 1.165) is 5.56 Å². The smallest absolute Gasteiger partial charge is 0.296 e. The van der Waals surface area contributed by atoms with Gasteiger partial charge >= 0.3 is 0 Å². The molecule has 2 aromatic carbocycles. The molecule has 6 heteroatoms. The molecule has 1 aliphatic heterocycles. The number of likely N-dealkylation sites (tertiary alicyclic amines) is 1. The molecule has 1 saturated heterocycles. The van der Waals surface area contributed by atoms with Crippen LogP contribution in [0.2, 0.25) is 0 Å². The lowest BCUT2D eigenvalue weighted by Crippen LogP contribution is -2.29. The van der Waals surface area contributed by atoms with Crippen LogP contribution in [0.4, 0.5) is 4.39 Å². The number of nitrogens with zero attached hydrogens (tertiary/aromatic N) is 1. The van der Waals surface area contributed by atoms with E-state index in [2.05, 4.69) is 0 Å². The summed E-state index contributed by atoms with van der Waals surface area (Å²) in [5, 5.41) is 10.9. The van der Waals surface area contributed by atoms with Crippen molar-refractivity contribution in [3.63, 3.8) is 0 Å². The Labute approximate surface area is 166 Å². The number of amides is 1. The zero-order valence-electron chi connectivity index (χ0n) is 15.6. The van der Waals surface area contributed by atoms with E-state index in [1.54, 1.807) is 36.4 Å². The second kappa shape index (κ2) is 7.39. The van der Waals surface area contributed by atoms with E-state index < -0.39 is 23.5 Å². The van der Waals surface area contributed by atoms with Crippen molar-refractivity contribution in [2.75, 3.05) is 0 Å². The van der Waals surface area contributed by atoms with Gasteiger partial charge in [0.2, 0.25) is 0 Å². The molecule has 0 aliphatic carbocycles. The van der Waals surface area contributed by atoms with Gasteiger partial charge in [0.25, 0.3) is 11.7 Å². The fourth-order valence-electron chi connectivity index (χ4n) is 3.47. The number of ketones is 1. The Bertz CT molecular complexity index is 1080. The van der Waals surface area contributed by atoms with Crippen molar-refractivity contribution in [3.05, 3.63) is 101 Å². The fourth-order valence-corrected chi connectivity index (χ4v) is 3.47. The molecule has 2 heterocycles. The first-order valence-corrected chi connectivity index (χ1v) is 9.09. The van der Waals surface area contributed by atoms with Gasteiger partial charge < -0.3 is 14.4 Å². The summed E-state index contributed by atoms with van der Waals surface area (Å²) in [6.07, 6.45) is 1.48. The lowest BCUT2D eigenvalue weighted by molar-refractivity contribution is -0.140. The second-order valence-corrected chi connectivity index (χ2v) is 6.92. The van der Waals surface area contributed by atoms with Crippen LogP contribution in [-0.4, -0.2) is 21.7 Å². The van der Waals surface area contributed by atoms with Crippen molar-refractivity contribution in [2.45, 2.75) is 19.5 Å². The number of benzene rings is 2. The molecule has 29 heavy (non-hydrogen) atoms. The number of carbonyl (C=O) groups excluding carboxylic acids is 2. The largest absolute Gasteiger partial charge is 0.507 e. The van der Waals surface area contributed by atoms with Crippen LogP contribution >= 0.6 is 0 Å². The molecule has 1 atom stereocenters. The average Bonchev–Trinajstić information content (AvgIpc) is 3.31. The molecule has 1 fully saturated rings. The Kier molecular flexibility index (Phi) is 4.76. The lowest BCUT2D eigenvalue weighted by Gasteiger charge is -2.24. The summed E-state index contributed by atoms with van der Waals surface area (Å²) < 4.78 is 18.8. The van der Waals surface area contributed by atoms with Gasteiger partial charge in [-0.3, -0.25) is 9.59 Å². The Hall–Kier alpha value is -3.67. The highest BCUT2D eigenvalue weighted by Gasteiger charge is 2.46. The number of furan rings is 1. The molecule has 0 radical (unpaired) electrons. The van der Waals surface area contributed by atoms with E-state index in [-0.39, 0.29) is 17.9 Å². The minimum atomic E-state index is -0.859. The summed E-state index contributed by atoms with van der Waals surface area (Å²) in [6.45, 7) is 1.95. The van der Waals surface area contributed by atoms with Gasteiger partial charge in [-0.25, -0.2) is 4.39 Å². The van der Waals surface area contributed by atoms with E-state index >= 15 is 0 Å². The number of hydrogen-bond donors (Lipinski definition) is 1. The van der Waals surface area contributed by atoms with Gasteiger partial charge in [-0.1, -0.05) is 42.0 Å². The maximum atomic E-state index is 13.5. The van der Waals surface area contributed by atoms with E-state index in [0.29, 0.717) is 16.9 Å². The number of halogens is 1. The Morgan fingerprint density at radius 1 is 1.07 bits per heavy atom. The van der Waals surface area contributed by atoms with Gasteiger partial charge in [0.15, 0.2) is 0 Å². The van der Waals surface area contributed by atoms with Crippen molar-refractivity contribution in [1.82, 2.24) is 4.90 Å². The van der Waals surface area contributed by atoms with Crippen LogP contribution in [0, 0.1) is 12.7 Å². The highest BCUT2D eigenvalue weighted by Crippen LogP contribution is 2.40. The number of aliphatic hydroxyl groups is 1. The first-order valence-electron chi connectivity index (χ1n) is 9.09. The molecule has 5 nitrogen and oxygen atoms in total. The van der Waals surface area contributed by atoms with Crippen LogP contribution in [0.25, 0.3) is 5.76 Å². The van der Waals surface area contributed by atoms with Crippen LogP contribution in [0.15, 0.2) is 76.9 Å². The monoisotopic (exact) mass is 391 g/mol. The molecular formula is C23H18FNO4. The predicted molar refractivity (Wildman–Crippen MR) is 104 cm³/mol. The number of aryl methyl sites for hydroxylation is 1. The lowest BCUT2D eigenvalue weighted by atomic mass is 9.95. The van der Waals surface area contributed by atoms with Crippen LogP contribution in [0.5, 0.6) is 0 Å². The molecule has 1 aromatic heterocycles. The van der Waals surface area contributed by atoms with Gasteiger partial charge in [0, 0.05) is 5.56 Å². The van der Waals surface area contributed by atoms with Gasteiger partial charge in [-0.05, 0) is 36.8 Å². The number of rotatable bonds is 4. The molecule has 1 aliphatic rings. The molecule has 4 rings (SSSR count). The summed E-state index contributed by atoms with van der Waals surface area (Å²) in [7, 11) is 0. The van der Waals surface area contributed by atoms with Crippen molar-refractivity contribution >= 4 is 17.4 Å². The zero-order chi connectivity index (χ0) is 20.5. The summed E-state index contributed by atoms with van der Waals surface area (Å²) in [6, 6.07) is 15.0. The Morgan fingerprint density at radius 3 is 2.38 bits per heavy atom. The molecular weight excluding hydrogens is 373 g/mol. The maximum absolute atomic E-state index is 13.5. The minimum absolute atomic E-state index is 0.0305. The first kappa shape index (κ1) is 18.7. The third-order valence-electron chi connectivity index (χ3n) is 4.96. The molecule has 1 amide bonds. The molecule has 1 N–H and O–H groups in total. The van der Waals surface area contributed by atoms with E-state index in [1.165, 1.54) is 35.4 Å². The normalized spacial score (nSPS) is 18.4. The molecule has 0 spiro atoms. The van der Waals surface area contributed by atoms with E-state index in [1.807, 2.05) is 6.92 Å². The average molecular weight is 391 g/mol. The summed E-state index contributed by atoms with van der Waals surface area (Å²) in [4.78, 5) is 27.0. The molecule has 0 saturated carbocycles. The van der Waals surface area contributed by atoms with Crippen molar-refractivity contribution in [3.8, 4) is 0 Å². The van der Waals surface area contributed by atoms with E-state index in [9.17, 15) is 19.1 Å². The van der Waals surface area contributed by atoms with Gasteiger partial charge in [0.1, 0.15) is 17.3 Å². The van der Waals surface area contributed by atoms with Crippen LogP contribution in [-0.2, 0) is 16.1 Å².